The Kier molecular flexibility index (Phi) is 2.89. The van der Waals surface area contributed by atoms with Crippen molar-refractivity contribution in [1.29, 1.82) is 0 Å². The van der Waals surface area contributed by atoms with Gasteiger partial charge in [0.25, 0.3) is 0 Å². The van der Waals surface area contributed by atoms with Crippen molar-refractivity contribution in [1.82, 2.24) is 9.97 Å². The van der Waals surface area contributed by atoms with E-state index in [-0.39, 0.29) is 0 Å². The molecule has 90 valence electrons. The van der Waals surface area contributed by atoms with E-state index in [0.717, 1.165) is 17.8 Å². The molecule has 0 amide bonds. The van der Waals surface area contributed by atoms with Gasteiger partial charge in [-0.15, -0.1) is 0 Å². The van der Waals surface area contributed by atoms with E-state index in [0.29, 0.717) is 17.9 Å². The Labute approximate surface area is 95.5 Å². The van der Waals surface area contributed by atoms with Gasteiger partial charge in [-0.25, -0.2) is 4.98 Å². The minimum Gasteiger partial charge on any atom is -0.341 e. The summed E-state index contributed by atoms with van der Waals surface area (Å²) in [6, 6.07) is 4.81. The van der Waals surface area contributed by atoms with E-state index in [4.69, 9.17) is 5.73 Å². The first-order valence-corrected chi connectivity index (χ1v) is 4.92. The molecule has 2 rings (SSSR count). The van der Waals surface area contributed by atoms with E-state index in [2.05, 4.69) is 9.97 Å². The fourth-order valence-corrected chi connectivity index (χ4v) is 1.43. The standard InChI is InChI=1S/C11H10F3N3/c12-11(13,14)8-3-1-7(2-4-8)10-16-6-9(5-15)17-10/h1-4,6H,5,15H2,(H,16,17). The quantitative estimate of drug-likeness (QED) is 0.848. The summed E-state index contributed by atoms with van der Waals surface area (Å²) in [4.78, 5) is 6.95. The van der Waals surface area contributed by atoms with Crippen LogP contribution < -0.4 is 5.73 Å². The second kappa shape index (κ2) is 4.21. The minimum absolute atomic E-state index is 0.313. The number of aromatic nitrogens is 2. The molecule has 6 heteroatoms. The number of imidazole rings is 1. The number of hydrogen-bond acceptors (Lipinski definition) is 2. The number of rotatable bonds is 2. The Morgan fingerprint density at radius 2 is 1.82 bits per heavy atom. The summed E-state index contributed by atoms with van der Waals surface area (Å²) in [6.07, 6.45) is -2.75. The summed E-state index contributed by atoms with van der Waals surface area (Å²) >= 11 is 0. The predicted octanol–water partition coefficient (Wildman–Crippen LogP) is 2.55. The molecule has 0 bridgehead atoms. The third-order valence-electron chi connectivity index (χ3n) is 2.33. The van der Waals surface area contributed by atoms with E-state index in [9.17, 15) is 13.2 Å². The zero-order chi connectivity index (χ0) is 12.5. The highest BCUT2D eigenvalue weighted by atomic mass is 19.4. The summed E-state index contributed by atoms with van der Waals surface area (Å²) in [7, 11) is 0. The molecule has 1 aromatic carbocycles. The van der Waals surface area contributed by atoms with Crippen LogP contribution in [0.4, 0.5) is 13.2 Å². The zero-order valence-corrected chi connectivity index (χ0v) is 8.75. The van der Waals surface area contributed by atoms with Crippen molar-refractivity contribution in [3.8, 4) is 11.4 Å². The van der Waals surface area contributed by atoms with Crippen molar-refractivity contribution in [3.63, 3.8) is 0 Å². The lowest BCUT2D eigenvalue weighted by Gasteiger charge is -2.06. The zero-order valence-electron chi connectivity index (χ0n) is 8.75. The molecular formula is C11H10F3N3. The number of nitrogens with zero attached hydrogens (tertiary/aromatic N) is 1. The van der Waals surface area contributed by atoms with E-state index >= 15 is 0 Å². The molecule has 17 heavy (non-hydrogen) atoms. The Balaban J connectivity index is 2.29. The number of nitrogens with one attached hydrogen (secondary N) is 1. The third kappa shape index (κ3) is 2.47. The van der Waals surface area contributed by atoms with Crippen LogP contribution in [0, 0.1) is 0 Å². The van der Waals surface area contributed by atoms with Crippen LogP contribution in [0.25, 0.3) is 11.4 Å². The molecule has 0 aliphatic rings. The monoisotopic (exact) mass is 241 g/mol. The maximum absolute atomic E-state index is 12.3. The van der Waals surface area contributed by atoms with Gasteiger partial charge in [-0.2, -0.15) is 13.2 Å². The minimum atomic E-state index is -4.32. The highest BCUT2D eigenvalue weighted by molar-refractivity contribution is 5.55. The molecule has 0 aliphatic heterocycles. The first kappa shape index (κ1) is 11.7. The summed E-state index contributed by atoms with van der Waals surface area (Å²) in [5.41, 5.74) is 6.06. The molecule has 0 aliphatic carbocycles. The second-order valence-electron chi connectivity index (χ2n) is 3.54. The van der Waals surface area contributed by atoms with Crippen molar-refractivity contribution in [2.75, 3.05) is 0 Å². The molecular weight excluding hydrogens is 231 g/mol. The molecule has 0 saturated heterocycles. The number of H-pyrrole nitrogens is 1. The number of hydrogen-bond donors (Lipinski definition) is 2. The molecule has 0 fully saturated rings. The largest absolute Gasteiger partial charge is 0.416 e. The first-order valence-electron chi connectivity index (χ1n) is 4.92. The van der Waals surface area contributed by atoms with E-state index in [1.807, 2.05) is 0 Å². The van der Waals surface area contributed by atoms with E-state index in [1.165, 1.54) is 12.1 Å². The van der Waals surface area contributed by atoms with Gasteiger partial charge in [0.15, 0.2) is 0 Å². The number of benzene rings is 1. The van der Waals surface area contributed by atoms with Gasteiger partial charge < -0.3 is 10.7 Å². The van der Waals surface area contributed by atoms with Gasteiger partial charge in [0, 0.05) is 24.0 Å². The topological polar surface area (TPSA) is 54.7 Å². The molecule has 1 aromatic heterocycles. The fourth-order valence-electron chi connectivity index (χ4n) is 1.43. The molecule has 0 saturated carbocycles. The molecule has 3 N–H and O–H groups in total. The van der Waals surface area contributed by atoms with Gasteiger partial charge in [0.05, 0.1) is 5.56 Å². The van der Waals surface area contributed by atoms with E-state index in [1.54, 1.807) is 6.20 Å². The van der Waals surface area contributed by atoms with Crippen molar-refractivity contribution in [2.45, 2.75) is 12.7 Å². The smallest absolute Gasteiger partial charge is 0.341 e. The van der Waals surface area contributed by atoms with Gasteiger partial charge in [0.2, 0.25) is 0 Å². The Morgan fingerprint density at radius 1 is 1.18 bits per heavy atom. The lowest BCUT2D eigenvalue weighted by molar-refractivity contribution is -0.137. The maximum Gasteiger partial charge on any atom is 0.416 e. The van der Waals surface area contributed by atoms with Crippen molar-refractivity contribution >= 4 is 0 Å². The highest BCUT2D eigenvalue weighted by Crippen LogP contribution is 2.30. The summed E-state index contributed by atoms with van der Waals surface area (Å²) in [5.74, 6) is 0.513. The van der Waals surface area contributed by atoms with Crippen LogP contribution in [0.5, 0.6) is 0 Å². The average molecular weight is 241 g/mol. The normalized spacial score (nSPS) is 11.8. The summed E-state index contributed by atoms with van der Waals surface area (Å²) in [6.45, 7) is 0.313. The van der Waals surface area contributed by atoms with Crippen LogP contribution in [-0.2, 0) is 12.7 Å². The number of nitrogens with two attached hydrogens (primary N) is 1. The van der Waals surface area contributed by atoms with Crippen LogP contribution in [0.1, 0.15) is 11.3 Å². The molecule has 2 aromatic rings. The molecule has 0 spiro atoms. The van der Waals surface area contributed by atoms with E-state index < -0.39 is 11.7 Å². The fraction of sp³-hybridized carbons (Fsp3) is 0.182. The van der Waals surface area contributed by atoms with Crippen LogP contribution in [0.15, 0.2) is 30.5 Å². The van der Waals surface area contributed by atoms with Crippen LogP contribution in [-0.4, -0.2) is 9.97 Å². The molecule has 0 radical (unpaired) electrons. The lowest BCUT2D eigenvalue weighted by atomic mass is 10.1. The predicted molar refractivity (Wildman–Crippen MR) is 56.9 cm³/mol. The van der Waals surface area contributed by atoms with Gasteiger partial charge in [-0.3, -0.25) is 0 Å². The highest BCUT2D eigenvalue weighted by Gasteiger charge is 2.30. The molecule has 0 unspecified atom stereocenters. The van der Waals surface area contributed by atoms with Gasteiger partial charge >= 0.3 is 6.18 Å². The summed E-state index contributed by atoms with van der Waals surface area (Å²) < 4.78 is 37.0. The van der Waals surface area contributed by atoms with Crippen LogP contribution in [0.2, 0.25) is 0 Å². The molecule has 3 nitrogen and oxygen atoms in total. The number of alkyl halides is 3. The Bertz CT molecular complexity index is 499. The second-order valence-corrected chi connectivity index (χ2v) is 3.54. The van der Waals surface area contributed by atoms with Crippen molar-refractivity contribution in [3.05, 3.63) is 41.7 Å². The van der Waals surface area contributed by atoms with Crippen LogP contribution in [0.3, 0.4) is 0 Å². The third-order valence-corrected chi connectivity index (χ3v) is 2.33. The van der Waals surface area contributed by atoms with Crippen molar-refractivity contribution in [2.24, 2.45) is 5.73 Å². The van der Waals surface area contributed by atoms with Gasteiger partial charge in [0.1, 0.15) is 5.82 Å². The SMILES string of the molecule is NCc1cnc(-c2ccc(C(F)(F)F)cc2)[nH]1. The first-order chi connectivity index (χ1) is 8.00. The van der Waals surface area contributed by atoms with Crippen LogP contribution >= 0.6 is 0 Å². The lowest BCUT2D eigenvalue weighted by Crippen LogP contribution is -2.04. The Hall–Kier alpha value is -1.82. The van der Waals surface area contributed by atoms with Gasteiger partial charge in [-0.05, 0) is 12.1 Å². The maximum atomic E-state index is 12.3. The number of halogens is 3. The molecule has 1 heterocycles. The summed E-state index contributed by atoms with van der Waals surface area (Å²) in [5, 5.41) is 0. The Morgan fingerprint density at radius 3 is 2.29 bits per heavy atom. The average Bonchev–Trinajstić information content (AvgIpc) is 2.76. The molecule has 0 atom stereocenters. The van der Waals surface area contributed by atoms with Gasteiger partial charge in [-0.1, -0.05) is 12.1 Å². The number of aromatic amines is 1. The van der Waals surface area contributed by atoms with Crippen molar-refractivity contribution < 1.29 is 13.2 Å².